The molecule has 3 atom stereocenters. The molecule has 0 radical (unpaired) electrons. The standard InChI is InChI=1S/C18H30O4/c1-7-16(4,20)12-10-14(18(6,22)9-3)15(19)11-13(12)17(5,21)8-2/h10-11,19-22H,7-9H2,1-6H3. The summed E-state index contributed by atoms with van der Waals surface area (Å²) < 4.78 is 0. The number of phenols is 1. The summed E-state index contributed by atoms with van der Waals surface area (Å²) in [4.78, 5) is 0. The Hall–Kier alpha value is -1.10. The van der Waals surface area contributed by atoms with Gasteiger partial charge in [-0.3, -0.25) is 0 Å². The van der Waals surface area contributed by atoms with Gasteiger partial charge in [0.05, 0.1) is 16.8 Å². The van der Waals surface area contributed by atoms with Crippen LogP contribution in [0.4, 0.5) is 0 Å². The van der Waals surface area contributed by atoms with Crippen LogP contribution in [0.25, 0.3) is 0 Å². The van der Waals surface area contributed by atoms with Gasteiger partial charge in [-0.05, 0) is 63.3 Å². The minimum Gasteiger partial charge on any atom is -0.508 e. The highest BCUT2D eigenvalue weighted by atomic mass is 16.3. The number of rotatable bonds is 6. The Bertz CT molecular complexity index is 530. The van der Waals surface area contributed by atoms with Crippen molar-refractivity contribution in [2.45, 2.75) is 77.6 Å². The summed E-state index contributed by atoms with van der Waals surface area (Å²) in [5.74, 6) is -0.0637. The van der Waals surface area contributed by atoms with Crippen LogP contribution in [0, 0.1) is 0 Å². The first kappa shape index (κ1) is 18.9. The molecule has 1 aromatic carbocycles. The highest BCUT2D eigenvalue weighted by molar-refractivity contribution is 5.48. The highest BCUT2D eigenvalue weighted by Gasteiger charge is 2.35. The zero-order chi connectivity index (χ0) is 17.3. The average Bonchev–Trinajstić information content (AvgIpc) is 2.46. The smallest absolute Gasteiger partial charge is 0.122 e. The first-order valence-corrected chi connectivity index (χ1v) is 7.98. The predicted octanol–water partition coefficient (Wildman–Crippen LogP) is 3.24. The second-order valence-corrected chi connectivity index (χ2v) is 6.80. The Balaban J connectivity index is 3.72. The number of phenolic OH excluding ortho intramolecular Hbond substituents is 1. The first-order chi connectivity index (χ1) is 9.93. The van der Waals surface area contributed by atoms with Crippen molar-refractivity contribution in [2.24, 2.45) is 0 Å². The van der Waals surface area contributed by atoms with Gasteiger partial charge in [0.25, 0.3) is 0 Å². The number of benzene rings is 1. The molecule has 1 rings (SSSR count). The second-order valence-electron chi connectivity index (χ2n) is 6.80. The van der Waals surface area contributed by atoms with Crippen LogP contribution in [-0.2, 0) is 16.8 Å². The number of aromatic hydroxyl groups is 1. The fraction of sp³-hybridized carbons (Fsp3) is 0.667. The monoisotopic (exact) mass is 310 g/mol. The Morgan fingerprint density at radius 3 is 1.36 bits per heavy atom. The number of hydrogen-bond acceptors (Lipinski definition) is 4. The fourth-order valence-corrected chi connectivity index (χ4v) is 2.48. The Morgan fingerprint density at radius 2 is 1.00 bits per heavy atom. The van der Waals surface area contributed by atoms with Crippen molar-refractivity contribution < 1.29 is 20.4 Å². The third-order valence-corrected chi connectivity index (χ3v) is 4.94. The lowest BCUT2D eigenvalue weighted by Crippen LogP contribution is -2.31. The summed E-state index contributed by atoms with van der Waals surface area (Å²) in [6.07, 6.45) is 1.33. The number of aliphatic hydroxyl groups is 3. The molecule has 0 aliphatic rings. The van der Waals surface area contributed by atoms with E-state index in [-0.39, 0.29) is 5.75 Å². The van der Waals surface area contributed by atoms with Gasteiger partial charge in [0.2, 0.25) is 0 Å². The van der Waals surface area contributed by atoms with Gasteiger partial charge in [-0.15, -0.1) is 0 Å². The lowest BCUT2D eigenvalue weighted by molar-refractivity contribution is 0.0247. The van der Waals surface area contributed by atoms with Crippen molar-refractivity contribution in [3.8, 4) is 5.75 Å². The zero-order valence-electron chi connectivity index (χ0n) is 14.6. The molecule has 0 heterocycles. The minimum absolute atomic E-state index is 0.0637. The minimum atomic E-state index is -1.20. The van der Waals surface area contributed by atoms with Crippen molar-refractivity contribution in [2.75, 3.05) is 0 Å². The summed E-state index contributed by atoms with van der Waals surface area (Å²) in [7, 11) is 0. The first-order valence-electron chi connectivity index (χ1n) is 7.98. The molecule has 0 aliphatic heterocycles. The molecule has 4 N–H and O–H groups in total. The van der Waals surface area contributed by atoms with Crippen LogP contribution < -0.4 is 0 Å². The molecule has 0 aromatic heterocycles. The third-order valence-electron chi connectivity index (χ3n) is 4.94. The SMILES string of the molecule is CCC(C)(O)c1cc(C(C)(O)CC)c(C(C)(O)CC)cc1O. The van der Waals surface area contributed by atoms with Crippen LogP contribution in [-0.4, -0.2) is 20.4 Å². The Labute approximate surface area is 133 Å². The third kappa shape index (κ3) is 3.45. The topological polar surface area (TPSA) is 80.9 Å². The van der Waals surface area contributed by atoms with Crippen LogP contribution >= 0.6 is 0 Å². The second kappa shape index (κ2) is 6.19. The van der Waals surface area contributed by atoms with E-state index in [9.17, 15) is 20.4 Å². The van der Waals surface area contributed by atoms with E-state index in [1.165, 1.54) is 6.07 Å². The molecule has 0 spiro atoms. The van der Waals surface area contributed by atoms with Gasteiger partial charge in [0.15, 0.2) is 0 Å². The van der Waals surface area contributed by atoms with Gasteiger partial charge >= 0.3 is 0 Å². The quantitative estimate of drug-likeness (QED) is 0.650. The molecular formula is C18H30O4. The lowest BCUT2D eigenvalue weighted by Gasteiger charge is -2.34. The van der Waals surface area contributed by atoms with E-state index in [0.717, 1.165) is 0 Å². The van der Waals surface area contributed by atoms with Crippen LogP contribution in [0.1, 0.15) is 77.5 Å². The lowest BCUT2D eigenvalue weighted by atomic mass is 9.78. The highest BCUT2D eigenvalue weighted by Crippen LogP contribution is 2.42. The van der Waals surface area contributed by atoms with Crippen LogP contribution in [0.15, 0.2) is 12.1 Å². The van der Waals surface area contributed by atoms with Crippen LogP contribution in [0.2, 0.25) is 0 Å². The molecule has 4 heteroatoms. The van der Waals surface area contributed by atoms with Crippen LogP contribution in [0.3, 0.4) is 0 Å². The van der Waals surface area contributed by atoms with Gasteiger partial charge < -0.3 is 20.4 Å². The van der Waals surface area contributed by atoms with E-state index in [2.05, 4.69) is 0 Å². The molecule has 4 nitrogen and oxygen atoms in total. The molecule has 22 heavy (non-hydrogen) atoms. The summed E-state index contributed by atoms with van der Waals surface area (Å²) in [5, 5.41) is 42.2. The van der Waals surface area contributed by atoms with Gasteiger partial charge in [0.1, 0.15) is 5.75 Å². The largest absolute Gasteiger partial charge is 0.508 e. The molecule has 126 valence electrons. The molecule has 0 fully saturated rings. The molecular weight excluding hydrogens is 280 g/mol. The fourth-order valence-electron chi connectivity index (χ4n) is 2.48. The van der Waals surface area contributed by atoms with Gasteiger partial charge in [-0.2, -0.15) is 0 Å². The van der Waals surface area contributed by atoms with Crippen molar-refractivity contribution in [3.05, 3.63) is 28.8 Å². The maximum atomic E-state index is 10.7. The van der Waals surface area contributed by atoms with E-state index in [1.54, 1.807) is 26.8 Å². The van der Waals surface area contributed by atoms with E-state index in [0.29, 0.717) is 36.0 Å². The predicted molar refractivity (Wildman–Crippen MR) is 87.7 cm³/mol. The van der Waals surface area contributed by atoms with Crippen LogP contribution in [0.5, 0.6) is 5.75 Å². The van der Waals surface area contributed by atoms with E-state index >= 15 is 0 Å². The molecule has 3 unspecified atom stereocenters. The average molecular weight is 310 g/mol. The van der Waals surface area contributed by atoms with Crippen molar-refractivity contribution in [3.63, 3.8) is 0 Å². The van der Waals surface area contributed by atoms with E-state index < -0.39 is 16.8 Å². The molecule has 0 saturated heterocycles. The van der Waals surface area contributed by atoms with E-state index in [1.807, 2.05) is 20.8 Å². The van der Waals surface area contributed by atoms with Crippen molar-refractivity contribution >= 4 is 0 Å². The normalized spacial score (nSPS) is 20.0. The summed E-state index contributed by atoms with van der Waals surface area (Å²) in [6.45, 7) is 10.5. The number of hydrogen-bond donors (Lipinski definition) is 4. The summed E-state index contributed by atoms with van der Waals surface area (Å²) in [5.41, 5.74) is -2.10. The van der Waals surface area contributed by atoms with Gasteiger partial charge in [-0.1, -0.05) is 20.8 Å². The summed E-state index contributed by atoms with van der Waals surface area (Å²) >= 11 is 0. The maximum Gasteiger partial charge on any atom is 0.122 e. The molecule has 0 amide bonds. The van der Waals surface area contributed by atoms with Crippen molar-refractivity contribution in [1.82, 2.24) is 0 Å². The molecule has 0 aliphatic carbocycles. The van der Waals surface area contributed by atoms with E-state index in [4.69, 9.17) is 0 Å². The zero-order valence-corrected chi connectivity index (χ0v) is 14.6. The van der Waals surface area contributed by atoms with Gasteiger partial charge in [-0.25, -0.2) is 0 Å². The Morgan fingerprint density at radius 1 is 0.682 bits per heavy atom. The molecule has 1 aromatic rings. The Kier molecular flexibility index (Phi) is 5.33. The molecule has 0 saturated carbocycles. The maximum absolute atomic E-state index is 10.7. The van der Waals surface area contributed by atoms with Crippen molar-refractivity contribution in [1.29, 1.82) is 0 Å². The molecule has 0 bridgehead atoms. The van der Waals surface area contributed by atoms with Gasteiger partial charge in [0, 0.05) is 5.56 Å². The summed E-state index contributed by atoms with van der Waals surface area (Å²) in [6, 6.07) is 3.10.